The highest BCUT2D eigenvalue weighted by Gasteiger charge is 2.27. The van der Waals surface area contributed by atoms with Crippen molar-refractivity contribution in [1.29, 1.82) is 0 Å². The number of hydrogen-bond acceptors (Lipinski definition) is 2. The van der Waals surface area contributed by atoms with Crippen LogP contribution in [0.4, 0.5) is 0 Å². The topological polar surface area (TPSA) is 17.1 Å². The Morgan fingerprint density at radius 2 is 2.07 bits per heavy atom. The van der Waals surface area contributed by atoms with Crippen LogP contribution in [0.5, 0.6) is 0 Å². The summed E-state index contributed by atoms with van der Waals surface area (Å²) < 4.78 is 0. The van der Waals surface area contributed by atoms with E-state index in [1.807, 2.05) is 25.1 Å². The van der Waals surface area contributed by atoms with Gasteiger partial charge in [0, 0.05) is 11.7 Å². The summed E-state index contributed by atoms with van der Waals surface area (Å²) in [6.45, 7) is 1.99. The molecule has 2 unspecified atom stereocenters. The average Bonchev–Trinajstić information content (AvgIpc) is 2.57. The van der Waals surface area contributed by atoms with Gasteiger partial charge < -0.3 is 0 Å². The summed E-state index contributed by atoms with van der Waals surface area (Å²) in [5, 5.41) is 0.545. The van der Waals surface area contributed by atoms with E-state index in [0.717, 1.165) is 0 Å². The fourth-order valence-electron chi connectivity index (χ4n) is 1.65. The van der Waals surface area contributed by atoms with Gasteiger partial charge in [-0.05, 0) is 12.5 Å². The van der Waals surface area contributed by atoms with Crippen molar-refractivity contribution in [2.75, 3.05) is 0 Å². The molecule has 0 spiro atoms. The Labute approximate surface area is 94.6 Å². The maximum absolute atomic E-state index is 11.3. The zero-order valence-corrected chi connectivity index (χ0v) is 9.54. The number of carbonyl (C=O) groups is 1. The van der Waals surface area contributed by atoms with Gasteiger partial charge in [0.25, 0.3) is 0 Å². The summed E-state index contributed by atoms with van der Waals surface area (Å²) in [5.41, 5.74) is 1.20. The number of Topliss-reactive ketones (excluding diaryl/α,β-unsaturated/α-hetero) is 1. The lowest BCUT2D eigenvalue weighted by molar-refractivity contribution is -0.117. The Morgan fingerprint density at radius 3 is 2.67 bits per heavy atom. The van der Waals surface area contributed by atoms with E-state index in [9.17, 15) is 4.79 Å². The number of ketones is 1. The van der Waals surface area contributed by atoms with E-state index >= 15 is 0 Å². The smallest absolute Gasteiger partial charge is 0.146 e. The predicted octanol–water partition coefficient (Wildman–Crippen LogP) is 3.16. The summed E-state index contributed by atoms with van der Waals surface area (Å²) in [7, 11) is 0. The van der Waals surface area contributed by atoms with Gasteiger partial charge in [-0.25, -0.2) is 0 Å². The van der Waals surface area contributed by atoms with Crippen LogP contribution in [0.3, 0.4) is 0 Å². The monoisotopic (exact) mass is 218 g/mol. The number of hydrogen-bond donors (Lipinski definition) is 0. The molecular formula is C13H14OS. The third kappa shape index (κ3) is 2.72. The van der Waals surface area contributed by atoms with Crippen LogP contribution in [-0.2, 0) is 4.79 Å². The third-order valence-corrected chi connectivity index (χ3v) is 3.88. The summed E-state index contributed by atoms with van der Waals surface area (Å²) >= 11 is 1.76. The molecule has 1 heterocycles. The van der Waals surface area contributed by atoms with E-state index in [1.165, 1.54) is 5.56 Å². The standard InChI is InChI=1S/C13H14OS/c1-10-13(14)9-12(15-10)8-7-11-5-3-2-4-6-11/h2-8,10,12H,9H2,1H3. The van der Waals surface area contributed by atoms with Crippen LogP contribution in [0.15, 0.2) is 36.4 Å². The lowest BCUT2D eigenvalue weighted by atomic mass is 10.1. The molecule has 1 nitrogen and oxygen atoms in total. The number of rotatable bonds is 2. The van der Waals surface area contributed by atoms with E-state index in [4.69, 9.17) is 0 Å². The Hall–Kier alpha value is -1.02. The largest absolute Gasteiger partial charge is 0.298 e. The van der Waals surface area contributed by atoms with Crippen molar-refractivity contribution >= 4 is 23.6 Å². The first-order valence-electron chi connectivity index (χ1n) is 5.17. The van der Waals surface area contributed by atoms with Crippen molar-refractivity contribution in [3.8, 4) is 0 Å². The van der Waals surface area contributed by atoms with E-state index < -0.39 is 0 Å². The molecule has 1 aliphatic rings. The van der Waals surface area contributed by atoms with Crippen molar-refractivity contribution in [3.63, 3.8) is 0 Å². The highest BCUT2D eigenvalue weighted by Crippen LogP contribution is 2.31. The number of thioether (sulfide) groups is 1. The first-order chi connectivity index (χ1) is 7.25. The van der Waals surface area contributed by atoms with Gasteiger partial charge in [0.05, 0.1) is 5.25 Å². The maximum atomic E-state index is 11.3. The van der Waals surface area contributed by atoms with E-state index in [-0.39, 0.29) is 5.25 Å². The molecule has 1 fully saturated rings. The summed E-state index contributed by atoms with van der Waals surface area (Å²) in [6, 6.07) is 10.2. The van der Waals surface area contributed by atoms with Gasteiger partial charge >= 0.3 is 0 Å². The second kappa shape index (κ2) is 4.67. The summed E-state index contributed by atoms with van der Waals surface area (Å²) in [6.07, 6.45) is 4.93. The van der Waals surface area contributed by atoms with Crippen molar-refractivity contribution in [1.82, 2.24) is 0 Å². The number of carbonyl (C=O) groups excluding carboxylic acids is 1. The van der Waals surface area contributed by atoms with Crippen molar-refractivity contribution in [2.24, 2.45) is 0 Å². The van der Waals surface area contributed by atoms with Crippen LogP contribution in [0, 0.1) is 0 Å². The van der Waals surface area contributed by atoms with Crippen LogP contribution in [0.1, 0.15) is 18.9 Å². The van der Waals surface area contributed by atoms with Gasteiger partial charge in [-0.3, -0.25) is 4.79 Å². The van der Waals surface area contributed by atoms with Gasteiger partial charge in [-0.1, -0.05) is 42.5 Å². The Morgan fingerprint density at radius 1 is 1.33 bits per heavy atom. The molecule has 1 aliphatic heterocycles. The minimum Gasteiger partial charge on any atom is -0.298 e. The summed E-state index contributed by atoms with van der Waals surface area (Å²) in [5.74, 6) is 0.378. The molecule has 1 aromatic carbocycles. The SMILES string of the molecule is CC1SC(C=Cc2ccccc2)CC1=O. The Kier molecular flexibility index (Phi) is 3.27. The molecule has 1 aromatic rings. The molecule has 0 amide bonds. The van der Waals surface area contributed by atoms with Crippen LogP contribution < -0.4 is 0 Å². The first kappa shape index (κ1) is 10.5. The Bertz CT molecular complexity index is 369. The first-order valence-corrected chi connectivity index (χ1v) is 6.11. The van der Waals surface area contributed by atoms with Crippen LogP contribution in [-0.4, -0.2) is 16.3 Å². The van der Waals surface area contributed by atoms with Crippen molar-refractivity contribution < 1.29 is 4.79 Å². The minimum absolute atomic E-state index is 0.176. The lowest BCUT2D eigenvalue weighted by Gasteiger charge is -2.00. The fraction of sp³-hybridized carbons (Fsp3) is 0.308. The van der Waals surface area contributed by atoms with Crippen LogP contribution in [0.2, 0.25) is 0 Å². The molecule has 0 radical (unpaired) electrons. The number of benzene rings is 1. The van der Waals surface area contributed by atoms with E-state index in [0.29, 0.717) is 17.5 Å². The molecule has 0 saturated carbocycles. The average molecular weight is 218 g/mol. The fourth-order valence-corrected chi connectivity index (χ4v) is 2.85. The quantitative estimate of drug-likeness (QED) is 0.758. The molecule has 0 aliphatic carbocycles. The molecule has 2 heteroatoms. The molecule has 1 saturated heterocycles. The molecule has 2 rings (SSSR count). The minimum atomic E-state index is 0.176. The molecular weight excluding hydrogens is 204 g/mol. The van der Waals surface area contributed by atoms with Gasteiger partial charge in [-0.2, -0.15) is 0 Å². The zero-order valence-electron chi connectivity index (χ0n) is 8.72. The Balaban J connectivity index is 1.99. The van der Waals surface area contributed by atoms with Crippen LogP contribution >= 0.6 is 11.8 Å². The van der Waals surface area contributed by atoms with Gasteiger partial charge in [0.15, 0.2) is 0 Å². The predicted molar refractivity (Wildman–Crippen MR) is 65.9 cm³/mol. The normalized spacial score (nSPS) is 26.3. The molecule has 2 atom stereocenters. The molecule has 0 aromatic heterocycles. The van der Waals surface area contributed by atoms with Crippen LogP contribution in [0.25, 0.3) is 6.08 Å². The summed E-state index contributed by atoms with van der Waals surface area (Å²) in [4.78, 5) is 11.3. The van der Waals surface area contributed by atoms with E-state index in [2.05, 4.69) is 24.3 Å². The molecule has 78 valence electrons. The van der Waals surface area contributed by atoms with E-state index in [1.54, 1.807) is 11.8 Å². The van der Waals surface area contributed by atoms with Gasteiger partial charge in [0.2, 0.25) is 0 Å². The third-order valence-electron chi connectivity index (χ3n) is 2.54. The molecule has 0 bridgehead atoms. The molecule has 0 N–H and O–H groups in total. The highest BCUT2D eigenvalue weighted by atomic mass is 32.2. The maximum Gasteiger partial charge on any atom is 0.146 e. The highest BCUT2D eigenvalue weighted by molar-refractivity contribution is 8.01. The second-order valence-electron chi connectivity index (χ2n) is 3.76. The van der Waals surface area contributed by atoms with Gasteiger partial charge in [-0.15, -0.1) is 11.8 Å². The van der Waals surface area contributed by atoms with Crippen molar-refractivity contribution in [2.45, 2.75) is 23.8 Å². The van der Waals surface area contributed by atoms with Gasteiger partial charge in [0.1, 0.15) is 5.78 Å². The lowest BCUT2D eigenvalue weighted by Crippen LogP contribution is -2.03. The zero-order chi connectivity index (χ0) is 10.7. The second-order valence-corrected chi connectivity index (χ2v) is 5.34. The molecule has 15 heavy (non-hydrogen) atoms. The van der Waals surface area contributed by atoms with Crippen molar-refractivity contribution in [3.05, 3.63) is 42.0 Å².